The van der Waals surface area contributed by atoms with Crippen LogP contribution in [0.25, 0.3) is 0 Å². The van der Waals surface area contributed by atoms with Gasteiger partial charge in [-0.05, 0) is 37.6 Å². The summed E-state index contributed by atoms with van der Waals surface area (Å²) in [6, 6.07) is 15.6. The van der Waals surface area contributed by atoms with Crippen LogP contribution in [0, 0.1) is 0 Å². The van der Waals surface area contributed by atoms with Gasteiger partial charge in [0.1, 0.15) is 11.4 Å². The lowest BCUT2D eigenvalue weighted by molar-refractivity contribution is 0.0572. The summed E-state index contributed by atoms with van der Waals surface area (Å²) >= 11 is 0. The maximum Gasteiger partial charge on any atom is 0.258 e. The summed E-state index contributed by atoms with van der Waals surface area (Å²) in [4.78, 5) is 14.9. The van der Waals surface area contributed by atoms with Crippen LogP contribution in [-0.4, -0.2) is 24.0 Å². The Kier molecular flexibility index (Phi) is 5.31. The topological polar surface area (TPSA) is 41.6 Å². The van der Waals surface area contributed by atoms with E-state index in [1.807, 2.05) is 60.4 Å². The lowest BCUT2D eigenvalue weighted by Crippen LogP contribution is -2.55. The molecule has 1 N–H and O–H groups in total. The smallest absolute Gasteiger partial charge is 0.258 e. The molecule has 0 saturated heterocycles. The largest absolute Gasteiger partial charge is 0.494 e. The van der Waals surface area contributed by atoms with Gasteiger partial charge < -0.3 is 15.0 Å². The standard InChI is InChI=1S/C22H26N2O2/c1-4-6-15-26-18-11-9-10-17(16-18)22(3)23-20-13-8-7-12-19(20)21(25)24(22)14-5-2/h5,7-13,16,23H,2,4,6,14-15H2,1,3H3. The lowest BCUT2D eigenvalue weighted by atomic mass is 9.93. The molecule has 1 aliphatic rings. The van der Waals surface area contributed by atoms with Crippen molar-refractivity contribution >= 4 is 11.6 Å². The Labute approximate surface area is 155 Å². The Hall–Kier alpha value is -2.75. The van der Waals surface area contributed by atoms with E-state index in [1.165, 1.54) is 0 Å². The van der Waals surface area contributed by atoms with Crippen molar-refractivity contribution in [2.45, 2.75) is 32.4 Å². The minimum absolute atomic E-state index is 0.000876. The molecule has 1 atom stereocenters. The van der Waals surface area contributed by atoms with Crippen molar-refractivity contribution in [3.8, 4) is 5.75 Å². The molecule has 3 rings (SSSR count). The van der Waals surface area contributed by atoms with Crippen molar-refractivity contribution in [1.82, 2.24) is 4.90 Å². The molecule has 1 unspecified atom stereocenters. The van der Waals surface area contributed by atoms with Crippen molar-refractivity contribution in [3.05, 3.63) is 72.3 Å². The number of nitrogens with one attached hydrogen (secondary N) is 1. The molecule has 2 aromatic carbocycles. The van der Waals surface area contributed by atoms with Crippen molar-refractivity contribution in [1.29, 1.82) is 0 Å². The molecular weight excluding hydrogens is 324 g/mol. The molecule has 0 spiro atoms. The number of carbonyl (C=O) groups excluding carboxylic acids is 1. The number of carbonyl (C=O) groups is 1. The minimum Gasteiger partial charge on any atom is -0.494 e. The first kappa shape index (κ1) is 18.1. The molecule has 1 aliphatic heterocycles. The highest BCUT2D eigenvalue weighted by molar-refractivity contribution is 6.02. The van der Waals surface area contributed by atoms with Gasteiger partial charge in [-0.15, -0.1) is 6.58 Å². The molecule has 0 fully saturated rings. The predicted octanol–water partition coefficient (Wildman–Crippen LogP) is 4.79. The quantitative estimate of drug-likeness (QED) is 0.576. The number of amides is 1. The number of unbranched alkanes of at least 4 members (excludes halogenated alkanes) is 1. The normalized spacial score (nSPS) is 18.8. The van der Waals surface area contributed by atoms with E-state index in [1.54, 1.807) is 6.08 Å². The zero-order chi connectivity index (χ0) is 18.6. The number of hydrogen-bond acceptors (Lipinski definition) is 3. The van der Waals surface area contributed by atoms with E-state index in [-0.39, 0.29) is 5.91 Å². The van der Waals surface area contributed by atoms with Gasteiger partial charge in [0, 0.05) is 17.8 Å². The molecule has 0 bridgehead atoms. The second-order valence-corrected chi connectivity index (χ2v) is 6.68. The van der Waals surface area contributed by atoms with Crippen LogP contribution < -0.4 is 10.1 Å². The van der Waals surface area contributed by atoms with Crippen LogP contribution in [0.1, 0.15) is 42.6 Å². The molecule has 4 nitrogen and oxygen atoms in total. The maximum atomic E-state index is 13.1. The van der Waals surface area contributed by atoms with Crippen LogP contribution in [0.4, 0.5) is 5.69 Å². The third-order valence-electron chi connectivity index (χ3n) is 4.79. The van der Waals surface area contributed by atoms with Gasteiger partial charge in [-0.1, -0.05) is 43.7 Å². The number of ether oxygens (including phenoxy) is 1. The Morgan fingerprint density at radius 1 is 1.23 bits per heavy atom. The summed E-state index contributed by atoms with van der Waals surface area (Å²) < 4.78 is 5.86. The van der Waals surface area contributed by atoms with Gasteiger partial charge in [0.25, 0.3) is 5.91 Å². The number of hydrogen-bond donors (Lipinski definition) is 1. The number of fused-ring (bicyclic) bond motifs is 1. The fraction of sp³-hybridized carbons (Fsp3) is 0.318. The molecule has 1 amide bonds. The van der Waals surface area contributed by atoms with E-state index in [9.17, 15) is 4.79 Å². The average Bonchev–Trinajstić information content (AvgIpc) is 2.66. The maximum absolute atomic E-state index is 13.1. The third-order valence-corrected chi connectivity index (χ3v) is 4.79. The summed E-state index contributed by atoms with van der Waals surface area (Å²) in [5.74, 6) is 0.822. The fourth-order valence-electron chi connectivity index (χ4n) is 3.30. The summed E-state index contributed by atoms with van der Waals surface area (Å²) in [6.45, 7) is 9.14. The predicted molar refractivity (Wildman–Crippen MR) is 105 cm³/mol. The Morgan fingerprint density at radius 3 is 2.81 bits per heavy atom. The number of nitrogens with zero attached hydrogens (tertiary/aromatic N) is 1. The SMILES string of the molecule is C=CCN1C(=O)c2ccccc2NC1(C)c1cccc(OCCCC)c1. The van der Waals surface area contributed by atoms with Crippen molar-refractivity contribution in [3.63, 3.8) is 0 Å². The van der Waals surface area contributed by atoms with E-state index in [4.69, 9.17) is 4.74 Å². The van der Waals surface area contributed by atoms with Crippen LogP contribution in [0.2, 0.25) is 0 Å². The number of para-hydroxylation sites is 1. The van der Waals surface area contributed by atoms with Crippen molar-refractivity contribution in [2.24, 2.45) is 0 Å². The van der Waals surface area contributed by atoms with E-state index >= 15 is 0 Å². The van der Waals surface area contributed by atoms with E-state index < -0.39 is 5.66 Å². The van der Waals surface area contributed by atoms with Crippen LogP contribution in [0.5, 0.6) is 5.75 Å². The fourth-order valence-corrected chi connectivity index (χ4v) is 3.30. The first-order valence-corrected chi connectivity index (χ1v) is 9.13. The molecular formula is C22H26N2O2. The summed E-state index contributed by atoms with van der Waals surface area (Å²) in [7, 11) is 0. The van der Waals surface area contributed by atoms with Crippen LogP contribution in [0.15, 0.2) is 61.2 Å². The molecule has 4 heteroatoms. The van der Waals surface area contributed by atoms with Gasteiger partial charge >= 0.3 is 0 Å². The van der Waals surface area contributed by atoms with Gasteiger partial charge in [-0.3, -0.25) is 4.79 Å². The number of rotatable bonds is 7. The van der Waals surface area contributed by atoms with Crippen LogP contribution >= 0.6 is 0 Å². The van der Waals surface area contributed by atoms with Gasteiger partial charge in [-0.2, -0.15) is 0 Å². The Morgan fingerprint density at radius 2 is 2.04 bits per heavy atom. The molecule has 26 heavy (non-hydrogen) atoms. The van der Waals surface area contributed by atoms with Gasteiger partial charge in [0.2, 0.25) is 0 Å². The third kappa shape index (κ3) is 3.32. The highest BCUT2D eigenvalue weighted by atomic mass is 16.5. The molecule has 0 aromatic heterocycles. The first-order chi connectivity index (χ1) is 12.6. The monoisotopic (exact) mass is 350 g/mol. The molecule has 0 saturated carbocycles. The second kappa shape index (κ2) is 7.65. The lowest BCUT2D eigenvalue weighted by Gasteiger charge is -2.46. The van der Waals surface area contributed by atoms with E-state index in [0.29, 0.717) is 18.7 Å². The molecule has 1 heterocycles. The molecule has 0 aliphatic carbocycles. The highest BCUT2D eigenvalue weighted by Gasteiger charge is 2.41. The Balaban J connectivity index is 1.99. The molecule has 136 valence electrons. The summed E-state index contributed by atoms with van der Waals surface area (Å²) in [5.41, 5.74) is 1.83. The highest BCUT2D eigenvalue weighted by Crippen LogP contribution is 2.38. The van der Waals surface area contributed by atoms with Gasteiger partial charge in [0.15, 0.2) is 0 Å². The first-order valence-electron chi connectivity index (χ1n) is 9.13. The van der Waals surface area contributed by atoms with Gasteiger partial charge in [0.05, 0.1) is 12.2 Å². The Bertz CT molecular complexity index is 802. The van der Waals surface area contributed by atoms with Crippen LogP contribution in [0.3, 0.4) is 0 Å². The van der Waals surface area contributed by atoms with Crippen molar-refractivity contribution < 1.29 is 9.53 Å². The zero-order valence-corrected chi connectivity index (χ0v) is 15.5. The van der Waals surface area contributed by atoms with E-state index in [0.717, 1.165) is 29.8 Å². The average molecular weight is 350 g/mol. The van der Waals surface area contributed by atoms with E-state index in [2.05, 4.69) is 18.8 Å². The number of anilines is 1. The summed E-state index contributed by atoms with van der Waals surface area (Å²) in [5, 5.41) is 3.55. The second-order valence-electron chi connectivity index (χ2n) is 6.68. The molecule has 2 aromatic rings. The number of benzene rings is 2. The zero-order valence-electron chi connectivity index (χ0n) is 15.5. The molecule has 0 radical (unpaired) electrons. The minimum atomic E-state index is -0.677. The van der Waals surface area contributed by atoms with Gasteiger partial charge in [-0.25, -0.2) is 0 Å². The van der Waals surface area contributed by atoms with Crippen LogP contribution in [-0.2, 0) is 5.66 Å². The van der Waals surface area contributed by atoms with Crippen molar-refractivity contribution in [2.75, 3.05) is 18.5 Å². The summed E-state index contributed by atoms with van der Waals surface area (Å²) in [6.07, 6.45) is 3.87.